The average molecular weight is 868 g/mol. The van der Waals surface area contributed by atoms with Crippen molar-refractivity contribution in [3.63, 3.8) is 0 Å². The fraction of sp³-hybridized carbons (Fsp3) is 0.0312. The normalized spacial score (nSPS) is 13.3. The van der Waals surface area contributed by atoms with E-state index >= 15 is 0 Å². The number of furan rings is 1. The molecule has 0 aliphatic carbocycles. The maximum absolute atomic E-state index is 6.73. The van der Waals surface area contributed by atoms with Gasteiger partial charge in [-0.25, -0.2) is 0 Å². The molecule has 0 bridgehead atoms. The quantitative estimate of drug-likeness (QED) is 0.0983. The van der Waals surface area contributed by atoms with Gasteiger partial charge in [0, 0.05) is 27.2 Å². The molecule has 1 aliphatic rings. The topological polar surface area (TPSA) is 18.1 Å². The zero-order chi connectivity index (χ0) is 44.1. The molecule has 2 nitrogen and oxygen atoms in total. The molecular formula is C64H41NOSi. The van der Waals surface area contributed by atoms with E-state index in [1.54, 1.807) is 0 Å². The van der Waals surface area contributed by atoms with Gasteiger partial charge in [0.1, 0.15) is 13.7 Å². The molecule has 2 aromatic heterocycles. The molecule has 0 fully saturated rings. The SMILES string of the molecule is C[Si]1(C)c2cc(-c3c4ccccc4c(-c4ccc5c(c4)c4ccc6c7ccccc7oc6c4n5-c4ccccc4)c4ccccc34)ccc2-c2cc3c4ccccc4c4ccccc4c3cc21. The van der Waals surface area contributed by atoms with E-state index in [4.69, 9.17) is 4.42 Å². The molecular weight excluding hydrogens is 827 g/mol. The van der Waals surface area contributed by atoms with Crippen molar-refractivity contribution in [3.05, 3.63) is 212 Å². The number of nitrogens with zero attached hydrogens (tertiary/aromatic N) is 1. The van der Waals surface area contributed by atoms with Crippen molar-refractivity contribution in [1.29, 1.82) is 0 Å². The Morgan fingerprint density at radius 3 is 1.48 bits per heavy atom. The van der Waals surface area contributed by atoms with Gasteiger partial charge in [-0.05, 0) is 140 Å². The van der Waals surface area contributed by atoms with Crippen LogP contribution in [-0.4, -0.2) is 12.6 Å². The lowest BCUT2D eigenvalue weighted by atomic mass is 9.85. The van der Waals surface area contributed by atoms with Gasteiger partial charge in [0.05, 0.1) is 11.0 Å². The van der Waals surface area contributed by atoms with Crippen molar-refractivity contribution in [2.75, 3.05) is 0 Å². The summed E-state index contributed by atoms with van der Waals surface area (Å²) >= 11 is 0. The lowest BCUT2D eigenvalue weighted by Gasteiger charge is -2.22. The van der Waals surface area contributed by atoms with Crippen LogP contribution >= 0.6 is 0 Å². The smallest absolute Gasteiger partial charge is 0.160 e. The van der Waals surface area contributed by atoms with Crippen LogP contribution in [0.15, 0.2) is 217 Å². The van der Waals surface area contributed by atoms with Crippen LogP contribution in [0.25, 0.3) is 137 Å². The summed E-state index contributed by atoms with van der Waals surface area (Å²) in [6, 6.07) is 79.3. The fourth-order valence-corrected chi connectivity index (χ4v) is 15.4. The first-order valence-corrected chi connectivity index (χ1v) is 26.4. The maximum atomic E-state index is 6.73. The molecule has 15 rings (SSSR count). The first kappa shape index (κ1) is 37.0. The molecule has 1 aliphatic heterocycles. The van der Waals surface area contributed by atoms with Gasteiger partial charge in [-0.2, -0.15) is 0 Å². The zero-order valence-corrected chi connectivity index (χ0v) is 38.1. The number of para-hydroxylation sites is 2. The van der Waals surface area contributed by atoms with Crippen molar-refractivity contribution in [1.82, 2.24) is 4.57 Å². The number of hydrogen-bond donors (Lipinski definition) is 0. The summed E-state index contributed by atoms with van der Waals surface area (Å²) in [5, 5.41) is 20.8. The summed E-state index contributed by atoms with van der Waals surface area (Å²) in [6.45, 7) is 5.11. The third-order valence-corrected chi connectivity index (χ3v) is 18.9. The molecule has 0 radical (unpaired) electrons. The predicted molar refractivity (Wildman–Crippen MR) is 289 cm³/mol. The van der Waals surface area contributed by atoms with Gasteiger partial charge in [-0.15, -0.1) is 0 Å². The monoisotopic (exact) mass is 867 g/mol. The Bertz CT molecular complexity index is 4420. The number of rotatable bonds is 3. The van der Waals surface area contributed by atoms with Crippen molar-refractivity contribution in [2.45, 2.75) is 13.1 Å². The highest BCUT2D eigenvalue weighted by atomic mass is 28.3. The number of hydrogen-bond acceptors (Lipinski definition) is 1. The van der Waals surface area contributed by atoms with Gasteiger partial charge in [-0.1, -0.05) is 183 Å². The van der Waals surface area contributed by atoms with Crippen LogP contribution in [0.4, 0.5) is 0 Å². The Labute approximate surface area is 387 Å². The van der Waals surface area contributed by atoms with Crippen LogP contribution in [0, 0.1) is 0 Å². The molecule has 0 saturated carbocycles. The van der Waals surface area contributed by atoms with Crippen molar-refractivity contribution in [2.24, 2.45) is 0 Å². The predicted octanol–water partition coefficient (Wildman–Crippen LogP) is 16.6. The minimum absolute atomic E-state index is 0.906. The Kier molecular flexibility index (Phi) is 7.42. The molecule has 0 saturated heterocycles. The van der Waals surface area contributed by atoms with Gasteiger partial charge >= 0.3 is 0 Å². The van der Waals surface area contributed by atoms with E-state index in [1.807, 2.05) is 0 Å². The summed E-state index contributed by atoms with van der Waals surface area (Å²) in [7, 11) is -2.12. The molecule has 0 spiro atoms. The molecule has 0 atom stereocenters. The Balaban J connectivity index is 0.949. The van der Waals surface area contributed by atoms with Gasteiger partial charge in [-0.3, -0.25) is 0 Å². The van der Waals surface area contributed by atoms with Crippen LogP contribution < -0.4 is 10.4 Å². The molecule has 67 heavy (non-hydrogen) atoms. The zero-order valence-electron chi connectivity index (χ0n) is 37.1. The molecule has 12 aromatic carbocycles. The summed E-state index contributed by atoms with van der Waals surface area (Å²) in [4.78, 5) is 0. The first-order chi connectivity index (χ1) is 33.0. The molecule has 0 amide bonds. The molecule has 3 heteroatoms. The Hall–Kier alpha value is -8.24. The van der Waals surface area contributed by atoms with E-state index < -0.39 is 8.07 Å². The summed E-state index contributed by atoms with van der Waals surface area (Å²) in [6.07, 6.45) is 0. The minimum atomic E-state index is -2.12. The fourth-order valence-electron chi connectivity index (χ4n) is 12.3. The molecule has 0 N–H and O–H groups in total. The van der Waals surface area contributed by atoms with E-state index in [1.165, 1.54) is 108 Å². The van der Waals surface area contributed by atoms with Crippen LogP contribution in [0.2, 0.25) is 13.1 Å². The number of benzene rings is 12. The second-order valence-electron chi connectivity index (χ2n) is 19.1. The lowest BCUT2D eigenvalue weighted by molar-refractivity contribution is 0.671. The van der Waals surface area contributed by atoms with Crippen LogP contribution in [0.3, 0.4) is 0 Å². The highest BCUT2D eigenvalue weighted by Crippen LogP contribution is 2.47. The highest BCUT2D eigenvalue weighted by Gasteiger charge is 2.38. The third kappa shape index (κ3) is 4.99. The van der Waals surface area contributed by atoms with Crippen LogP contribution in [0.5, 0.6) is 0 Å². The van der Waals surface area contributed by atoms with Crippen LogP contribution in [-0.2, 0) is 0 Å². The van der Waals surface area contributed by atoms with Crippen LogP contribution in [0.1, 0.15) is 0 Å². The van der Waals surface area contributed by atoms with Crippen molar-refractivity contribution < 1.29 is 4.42 Å². The van der Waals surface area contributed by atoms with E-state index in [-0.39, 0.29) is 0 Å². The molecule has 312 valence electrons. The largest absolute Gasteiger partial charge is 0.454 e. The summed E-state index contributed by atoms with van der Waals surface area (Å²) in [5.74, 6) is 0. The van der Waals surface area contributed by atoms with Crippen molar-refractivity contribution >= 4 is 116 Å². The van der Waals surface area contributed by atoms with Gasteiger partial charge in [0.25, 0.3) is 0 Å². The number of aromatic nitrogens is 1. The van der Waals surface area contributed by atoms with E-state index in [0.29, 0.717) is 0 Å². The minimum Gasteiger partial charge on any atom is -0.454 e. The lowest BCUT2D eigenvalue weighted by Crippen LogP contribution is -2.49. The highest BCUT2D eigenvalue weighted by molar-refractivity contribution is 7.04. The van der Waals surface area contributed by atoms with E-state index in [0.717, 1.165) is 38.7 Å². The molecule has 14 aromatic rings. The average Bonchev–Trinajstić information content (AvgIpc) is 4.00. The van der Waals surface area contributed by atoms with Gasteiger partial charge in [0.15, 0.2) is 5.58 Å². The Morgan fingerprint density at radius 2 is 0.836 bits per heavy atom. The first-order valence-electron chi connectivity index (χ1n) is 23.4. The standard InChI is InChI=1S/C64H41NOSi/c1-67(2)59-35-39(28-30-46(59)56-36-53-43-20-8-6-18-41(43)42-19-7-9-21-44(42)54(53)37-60(56)67)62-49-25-12-10-23-47(49)61(48-24-11-13-26-50(48)62)38-29-33-57-55(34-38)51-31-32-52-45-22-14-15-27-58(45)66-64(52)63(51)65(57)40-16-4-3-5-17-40/h3-37H,1-2H3. The van der Waals surface area contributed by atoms with Crippen molar-refractivity contribution in [3.8, 4) is 39.1 Å². The molecule has 0 unspecified atom stereocenters. The molecule has 3 heterocycles. The maximum Gasteiger partial charge on any atom is 0.160 e. The van der Waals surface area contributed by atoms with E-state index in [2.05, 4.69) is 230 Å². The second kappa shape index (κ2) is 13.4. The third-order valence-electron chi connectivity index (χ3n) is 15.3. The Morgan fingerprint density at radius 1 is 0.343 bits per heavy atom. The van der Waals surface area contributed by atoms with Gasteiger partial charge in [0.2, 0.25) is 0 Å². The van der Waals surface area contributed by atoms with E-state index in [9.17, 15) is 0 Å². The summed E-state index contributed by atoms with van der Waals surface area (Å²) in [5.41, 5.74) is 13.0. The van der Waals surface area contributed by atoms with Gasteiger partial charge < -0.3 is 8.98 Å². The number of fused-ring (bicyclic) bond motifs is 18. The second-order valence-corrected chi connectivity index (χ2v) is 23.4. The summed E-state index contributed by atoms with van der Waals surface area (Å²) < 4.78 is 9.12.